The van der Waals surface area contributed by atoms with Crippen LogP contribution in [0.5, 0.6) is 0 Å². The van der Waals surface area contributed by atoms with Gasteiger partial charge in [0.25, 0.3) is 0 Å². The lowest BCUT2D eigenvalue weighted by molar-refractivity contribution is -0.385. The molecule has 1 rings (SSSR count). The number of aromatic nitrogens is 1. The first-order valence-corrected chi connectivity index (χ1v) is 4.36. The fourth-order valence-electron chi connectivity index (χ4n) is 1.06. The molecule has 0 aliphatic carbocycles. The molecule has 0 aliphatic heterocycles. The largest absolute Gasteiger partial charge is 0.368 e. The Kier molecular flexibility index (Phi) is 3.18. The van der Waals surface area contributed by atoms with E-state index in [-0.39, 0.29) is 17.4 Å². The van der Waals surface area contributed by atoms with E-state index < -0.39 is 4.92 Å². The SMILES string of the molecule is CC(C)Nc1ccc([N+](=O)[O-])c(C#N)n1. The summed E-state index contributed by atoms with van der Waals surface area (Å²) in [4.78, 5) is 13.7. The first-order chi connectivity index (χ1) is 7.04. The predicted molar refractivity (Wildman–Crippen MR) is 54.4 cm³/mol. The van der Waals surface area contributed by atoms with E-state index in [0.29, 0.717) is 5.82 Å². The molecule has 0 amide bonds. The number of hydrogen-bond acceptors (Lipinski definition) is 5. The molecule has 1 aromatic heterocycles. The maximum absolute atomic E-state index is 10.5. The van der Waals surface area contributed by atoms with Crippen LogP contribution in [0, 0.1) is 21.4 Å². The summed E-state index contributed by atoms with van der Waals surface area (Å²) in [5, 5.41) is 22.2. The van der Waals surface area contributed by atoms with Crippen LogP contribution in [-0.4, -0.2) is 15.9 Å². The van der Waals surface area contributed by atoms with Gasteiger partial charge in [-0.3, -0.25) is 10.1 Å². The lowest BCUT2D eigenvalue weighted by atomic mass is 10.3. The van der Waals surface area contributed by atoms with Crippen LogP contribution in [-0.2, 0) is 0 Å². The Morgan fingerprint density at radius 1 is 1.60 bits per heavy atom. The number of nitrogens with one attached hydrogen (secondary N) is 1. The molecule has 0 aromatic carbocycles. The molecule has 78 valence electrons. The standard InChI is InChI=1S/C9H10N4O2/c1-6(2)11-9-4-3-8(13(14)15)7(5-10)12-9/h3-4,6H,1-2H3,(H,11,12). The van der Waals surface area contributed by atoms with Gasteiger partial charge in [-0.15, -0.1) is 0 Å². The highest BCUT2D eigenvalue weighted by Gasteiger charge is 2.15. The van der Waals surface area contributed by atoms with E-state index in [2.05, 4.69) is 10.3 Å². The second kappa shape index (κ2) is 4.37. The zero-order valence-corrected chi connectivity index (χ0v) is 8.39. The summed E-state index contributed by atoms with van der Waals surface area (Å²) in [6.45, 7) is 3.82. The Labute approximate surface area is 86.7 Å². The molecule has 1 N–H and O–H groups in total. The first kappa shape index (κ1) is 10.9. The number of nitriles is 1. The number of pyridine rings is 1. The minimum absolute atomic E-state index is 0.158. The lowest BCUT2D eigenvalue weighted by Crippen LogP contribution is -2.11. The summed E-state index contributed by atoms with van der Waals surface area (Å²) in [6.07, 6.45) is 0. The van der Waals surface area contributed by atoms with E-state index >= 15 is 0 Å². The third-order valence-corrected chi connectivity index (χ3v) is 1.61. The Balaban J connectivity index is 3.09. The summed E-state index contributed by atoms with van der Waals surface area (Å²) in [5.41, 5.74) is -0.447. The zero-order valence-electron chi connectivity index (χ0n) is 8.39. The Morgan fingerprint density at radius 3 is 2.73 bits per heavy atom. The molecule has 0 radical (unpaired) electrons. The van der Waals surface area contributed by atoms with Crippen molar-refractivity contribution < 1.29 is 4.92 Å². The number of hydrogen-bond donors (Lipinski definition) is 1. The molecule has 1 heterocycles. The number of anilines is 1. The van der Waals surface area contributed by atoms with Gasteiger partial charge in [0, 0.05) is 12.1 Å². The van der Waals surface area contributed by atoms with E-state index in [4.69, 9.17) is 5.26 Å². The van der Waals surface area contributed by atoms with Crippen LogP contribution in [0.4, 0.5) is 11.5 Å². The fraction of sp³-hybridized carbons (Fsp3) is 0.333. The molecule has 0 aliphatic rings. The normalized spacial score (nSPS) is 9.73. The smallest absolute Gasteiger partial charge is 0.305 e. The van der Waals surface area contributed by atoms with E-state index in [0.717, 1.165) is 0 Å². The topological polar surface area (TPSA) is 91.9 Å². The Bertz CT molecular complexity index is 423. The maximum atomic E-state index is 10.5. The quantitative estimate of drug-likeness (QED) is 0.600. The third-order valence-electron chi connectivity index (χ3n) is 1.61. The molecule has 0 saturated carbocycles. The van der Waals surface area contributed by atoms with Crippen molar-refractivity contribution in [1.82, 2.24) is 4.98 Å². The van der Waals surface area contributed by atoms with Gasteiger partial charge < -0.3 is 5.32 Å². The van der Waals surface area contributed by atoms with Crippen molar-refractivity contribution in [2.75, 3.05) is 5.32 Å². The van der Waals surface area contributed by atoms with Crippen molar-refractivity contribution in [3.8, 4) is 6.07 Å². The highest BCUT2D eigenvalue weighted by molar-refractivity contribution is 5.50. The predicted octanol–water partition coefficient (Wildman–Crippen LogP) is 1.68. The maximum Gasteiger partial charge on any atom is 0.305 e. The summed E-state index contributed by atoms with van der Waals surface area (Å²) in [7, 11) is 0. The monoisotopic (exact) mass is 206 g/mol. The van der Waals surface area contributed by atoms with Gasteiger partial charge in [-0.1, -0.05) is 0 Å². The van der Waals surface area contributed by atoms with Crippen molar-refractivity contribution in [3.05, 3.63) is 27.9 Å². The molecule has 1 aromatic rings. The molecule has 0 bridgehead atoms. The molecular formula is C9H10N4O2. The molecule has 0 spiro atoms. The van der Waals surface area contributed by atoms with Crippen LogP contribution in [0.15, 0.2) is 12.1 Å². The second-order valence-corrected chi connectivity index (χ2v) is 3.23. The summed E-state index contributed by atoms with van der Waals surface area (Å²) in [6, 6.07) is 4.61. The minimum atomic E-state index is -0.620. The van der Waals surface area contributed by atoms with Crippen LogP contribution in [0.2, 0.25) is 0 Å². The molecule has 15 heavy (non-hydrogen) atoms. The van der Waals surface area contributed by atoms with Gasteiger partial charge in [0.05, 0.1) is 4.92 Å². The van der Waals surface area contributed by atoms with Gasteiger partial charge >= 0.3 is 5.69 Å². The average Bonchev–Trinajstić information content (AvgIpc) is 2.16. The third kappa shape index (κ3) is 2.64. The van der Waals surface area contributed by atoms with E-state index in [1.54, 1.807) is 6.07 Å². The summed E-state index contributed by atoms with van der Waals surface area (Å²) < 4.78 is 0. The van der Waals surface area contributed by atoms with Crippen LogP contribution < -0.4 is 5.32 Å². The van der Waals surface area contributed by atoms with Gasteiger partial charge in [-0.05, 0) is 19.9 Å². The van der Waals surface area contributed by atoms with E-state index in [1.165, 1.54) is 12.1 Å². The van der Waals surface area contributed by atoms with Crippen LogP contribution in [0.3, 0.4) is 0 Å². The average molecular weight is 206 g/mol. The molecule has 0 saturated heterocycles. The highest BCUT2D eigenvalue weighted by Crippen LogP contribution is 2.18. The summed E-state index contributed by atoms with van der Waals surface area (Å²) >= 11 is 0. The Morgan fingerprint density at radius 2 is 2.27 bits per heavy atom. The highest BCUT2D eigenvalue weighted by atomic mass is 16.6. The molecule has 6 heteroatoms. The van der Waals surface area contributed by atoms with Crippen molar-refractivity contribution >= 4 is 11.5 Å². The van der Waals surface area contributed by atoms with Crippen LogP contribution in [0.1, 0.15) is 19.5 Å². The molecule has 0 fully saturated rings. The summed E-state index contributed by atoms with van der Waals surface area (Å²) in [5.74, 6) is 0.465. The van der Waals surface area contributed by atoms with Crippen molar-refractivity contribution in [1.29, 1.82) is 5.26 Å². The van der Waals surface area contributed by atoms with Gasteiger partial charge in [-0.25, -0.2) is 4.98 Å². The Hall–Kier alpha value is -2.16. The first-order valence-electron chi connectivity index (χ1n) is 4.36. The molecular weight excluding hydrogens is 196 g/mol. The fourth-order valence-corrected chi connectivity index (χ4v) is 1.06. The molecule has 0 atom stereocenters. The zero-order chi connectivity index (χ0) is 11.4. The van der Waals surface area contributed by atoms with Crippen LogP contribution >= 0.6 is 0 Å². The lowest BCUT2D eigenvalue weighted by Gasteiger charge is -2.08. The van der Waals surface area contributed by atoms with Crippen LogP contribution in [0.25, 0.3) is 0 Å². The number of nitro groups is 1. The second-order valence-electron chi connectivity index (χ2n) is 3.23. The van der Waals surface area contributed by atoms with E-state index in [9.17, 15) is 10.1 Å². The molecule has 6 nitrogen and oxygen atoms in total. The van der Waals surface area contributed by atoms with E-state index in [1.807, 2.05) is 13.8 Å². The van der Waals surface area contributed by atoms with Gasteiger partial charge in [0.15, 0.2) is 0 Å². The molecule has 0 unspecified atom stereocenters. The van der Waals surface area contributed by atoms with Gasteiger partial charge in [-0.2, -0.15) is 5.26 Å². The van der Waals surface area contributed by atoms with Gasteiger partial charge in [0.1, 0.15) is 11.9 Å². The number of nitrogens with zero attached hydrogens (tertiary/aromatic N) is 3. The number of rotatable bonds is 3. The minimum Gasteiger partial charge on any atom is -0.368 e. The van der Waals surface area contributed by atoms with Crippen molar-refractivity contribution in [2.24, 2.45) is 0 Å². The van der Waals surface area contributed by atoms with Crippen molar-refractivity contribution in [3.63, 3.8) is 0 Å². The van der Waals surface area contributed by atoms with Crippen molar-refractivity contribution in [2.45, 2.75) is 19.9 Å². The van der Waals surface area contributed by atoms with Gasteiger partial charge in [0.2, 0.25) is 5.69 Å².